The molecule has 1 aromatic carbocycles. The fourth-order valence-corrected chi connectivity index (χ4v) is 2.12. The Hall–Kier alpha value is -1.29. The van der Waals surface area contributed by atoms with Crippen LogP contribution < -0.4 is 5.32 Å². The number of nitrogens with zero attached hydrogens (tertiary/aromatic N) is 1. The fraction of sp³-hybridized carbons (Fsp3) is 0.0769. The van der Waals surface area contributed by atoms with E-state index in [2.05, 4.69) is 10.3 Å². The minimum Gasteiger partial charge on any atom is -0.322 e. The molecule has 0 fully saturated rings. The molecule has 0 aliphatic heterocycles. The van der Waals surface area contributed by atoms with Crippen molar-refractivity contribution in [3.63, 3.8) is 0 Å². The largest absolute Gasteiger partial charge is 0.322 e. The van der Waals surface area contributed by atoms with Gasteiger partial charge in [-0.2, -0.15) is 0 Å². The summed E-state index contributed by atoms with van der Waals surface area (Å²) >= 11 is 17.5. The molecule has 0 aliphatic carbocycles. The van der Waals surface area contributed by atoms with Crippen LogP contribution >= 0.6 is 34.8 Å². The molecule has 0 spiro atoms. The predicted octanol–water partition coefficient (Wildman–Crippen LogP) is 4.60. The molecule has 19 heavy (non-hydrogen) atoms. The van der Waals surface area contributed by atoms with Gasteiger partial charge in [0.05, 0.1) is 10.6 Å². The van der Waals surface area contributed by atoms with Crippen LogP contribution in [0.5, 0.6) is 0 Å². The van der Waals surface area contributed by atoms with Gasteiger partial charge in [0.25, 0.3) is 5.91 Å². The first-order chi connectivity index (χ1) is 8.97. The number of carbonyl (C=O) groups excluding carboxylic acids is 1. The van der Waals surface area contributed by atoms with Gasteiger partial charge in [-0.15, -0.1) is 0 Å². The summed E-state index contributed by atoms with van der Waals surface area (Å²) < 4.78 is 0. The average Bonchev–Trinajstić information content (AvgIpc) is 2.35. The number of pyridine rings is 1. The summed E-state index contributed by atoms with van der Waals surface area (Å²) in [5.41, 5.74) is 1.80. The van der Waals surface area contributed by atoms with Crippen molar-refractivity contribution in [2.45, 2.75) is 6.92 Å². The second-order valence-corrected chi connectivity index (χ2v) is 5.13. The molecule has 1 aromatic heterocycles. The van der Waals surface area contributed by atoms with Gasteiger partial charge in [-0.1, -0.05) is 34.8 Å². The predicted molar refractivity (Wildman–Crippen MR) is 78.4 cm³/mol. The highest BCUT2D eigenvalue weighted by Crippen LogP contribution is 2.23. The van der Waals surface area contributed by atoms with E-state index in [1.54, 1.807) is 18.2 Å². The van der Waals surface area contributed by atoms with Gasteiger partial charge in [0.2, 0.25) is 0 Å². The molecule has 2 aromatic rings. The Labute approximate surface area is 125 Å². The maximum atomic E-state index is 12.1. The fourth-order valence-electron chi connectivity index (χ4n) is 1.54. The zero-order chi connectivity index (χ0) is 14.0. The van der Waals surface area contributed by atoms with Gasteiger partial charge >= 0.3 is 0 Å². The number of halogens is 3. The zero-order valence-electron chi connectivity index (χ0n) is 9.88. The number of benzene rings is 1. The molecular formula is C13H9Cl3N2O. The summed E-state index contributed by atoms with van der Waals surface area (Å²) in [7, 11) is 0. The molecule has 0 bridgehead atoms. The first kappa shape index (κ1) is 14.1. The molecule has 98 valence electrons. The van der Waals surface area contributed by atoms with Crippen LogP contribution in [0, 0.1) is 6.92 Å². The van der Waals surface area contributed by atoms with Gasteiger partial charge in [-0.3, -0.25) is 4.79 Å². The second-order valence-electron chi connectivity index (χ2n) is 3.90. The van der Waals surface area contributed by atoms with Crippen LogP contribution in [-0.2, 0) is 0 Å². The Morgan fingerprint density at radius 1 is 1.21 bits per heavy atom. The number of rotatable bonds is 2. The topological polar surface area (TPSA) is 42.0 Å². The SMILES string of the molecule is Cc1cc(Cl)ccc1NC(=O)c1cc(Cl)ncc1Cl. The van der Waals surface area contributed by atoms with Crippen molar-refractivity contribution >= 4 is 46.4 Å². The summed E-state index contributed by atoms with van der Waals surface area (Å²) in [6.45, 7) is 1.85. The van der Waals surface area contributed by atoms with Crippen LogP contribution in [0.4, 0.5) is 5.69 Å². The third-order valence-corrected chi connectivity index (χ3v) is 3.25. The minimum atomic E-state index is -0.347. The highest BCUT2D eigenvalue weighted by Gasteiger charge is 2.13. The minimum absolute atomic E-state index is 0.211. The average molecular weight is 316 g/mol. The van der Waals surface area contributed by atoms with Gasteiger partial charge in [-0.25, -0.2) is 4.98 Å². The van der Waals surface area contributed by atoms with Crippen molar-refractivity contribution in [3.8, 4) is 0 Å². The number of hydrogen-bond donors (Lipinski definition) is 1. The molecule has 0 radical (unpaired) electrons. The first-order valence-electron chi connectivity index (χ1n) is 5.36. The highest BCUT2D eigenvalue weighted by atomic mass is 35.5. The molecular weight excluding hydrogens is 307 g/mol. The van der Waals surface area contributed by atoms with Crippen molar-refractivity contribution in [2.24, 2.45) is 0 Å². The summed E-state index contributed by atoms with van der Waals surface area (Å²) in [5, 5.41) is 3.82. The van der Waals surface area contributed by atoms with Gasteiger partial charge in [0.15, 0.2) is 0 Å². The molecule has 2 rings (SSSR count). The van der Waals surface area contributed by atoms with E-state index in [9.17, 15) is 4.79 Å². The monoisotopic (exact) mass is 314 g/mol. The van der Waals surface area contributed by atoms with Crippen molar-refractivity contribution in [2.75, 3.05) is 5.32 Å². The van der Waals surface area contributed by atoms with Crippen LogP contribution in [0.1, 0.15) is 15.9 Å². The summed E-state index contributed by atoms with van der Waals surface area (Å²) in [5.74, 6) is -0.347. The number of carbonyl (C=O) groups is 1. The summed E-state index contributed by atoms with van der Waals surface area (Å²) in [4.78, 5) is 15.9. The standard InChI is InChI=1S/C13H9Cl3N2O/c1-7-4-8(14)2-3-11(7)18-13(19)9-5-12(16)17-6-10(9)15/h2-6H,1H3,(H,18,19). The van der Waals surface area contributed by atoms with Crippen LogP contribution in [0.25, 0.3) is 0 Å². The third-order valence-electron chi connectivity index (χ3n) is 2.50. The number of nitrogens with one attached hydrogen (secondary N) is 1. The number of amides is 1. The lowest BCUT2D eigenvalue weighted by molar-refractivity contribution is 0.102. The van der Waals surface area contributed by atoms with Crippen LogP contribution in [0.3, 0.4) is 0 Å². The maximum absolute atomic E-state index is 12.1. The van der Waals surface area contributed by atoms with Gasteiger partial charge in [0, 0.05) is 16.9 Å². The van der Waals surface area contributed by atoms with Crippen LogP contribution in [-0.4, -0.2) is 10.9 Å². The number of anilines is 1. The second kappa shape index (κ2) is 5.78. The van der Waals surface area contributed by atoms with E-state index < -0.39 is 0 Å². The molecule has 0 atom stereocenters. The van der Waals surface area contributed by atoms with E-state index in [1.165, 1.54) is 12.3 Å². The van der Waals surface area contributed by atoms with E-state index in [0.717, 1.165) is 5.56 Å². The number of aromatic nitrogens is 1. The smallest absolute Gasteiger partial charge is 0.257 e. The lowest BCUT2D eigenvalue weighted by Gasteiger charge is -2.09. The van der Waals surface area contributed by atoms with E-state index >= 15 is 0 Å². The van der Waals surface area contributed by atoms with E-state index in [1.807, 2.05) is 6.92 Å². The lowest BCUT2D eigenvalue weighted by Crippen LogP contribution is -2.13. The Balaban J connectivity index is 2.28. The first-order valence-corrected chi connectivity index (χ1v) is 6.49. The number of aryl methyl sites for hydroxylation is 1. The zero-order valence-corrected chi connectivity index (χ0v) is 12.1. The molecule has 1 N–H and O–H groups in total. The van der Waals surface area contributed by atoms with E-state index in [-0.39, 0.29) is 21.6 Å². The third kappa shape index (κ3) is 3.38. The molecule has 0 unspecified atom stereocenters. The van der Waals surface area contributed by atoms with Crippen LogP contribution in [0.2, 0.25) is 15.2 Å². The Morgan fingerprint density at radius 2 is 1.95 bits per heavy atom. The van der Waals surface area contributed by atoms with Crippen LogP contribution in [0.15, 0.2) is 30.5 Å². The summed E-state index contributed by atoms with van der Waals surface area (Å²) in [6, 6.07) is 6.61. The van der Waals surface area contributed by atoms with Crippen molar-refractivity contribution in [1.82, 2.24) is 4.98 Å². The molecule has 0 aliphatic rings. The normalized spacial score (nSPS) is 10.3. The molecule has 0 saturated heterocycles. The lowest BCUT2D eigenvalue weighted by atomic mass is 10.2. The molecule has 3 nitrogen and oxygen atoms in total. The quantitative estimate of drug-likeness (QED) is 0.823. The maximum Gasteiger partial charge on any atom is 0.257 e. The van der Waals surface area contributed by atoms with Gasteiger partial charge in [0.1, 0.15) is 5.15 Å². The van der Waals surface area contributed by atoms with Crippen molar-refractivity contribution < 1.29 is 4.79 Å². The molecule has 1 heterocycles. The van der Waals surface area contributed by atoms with E-state index in [0.29, 0.717) is 10.7 Å². The van der Waals surface area contributed by atoms with Gasteiger partial charge < -0.3 is 5.32 Å². The van der Waals surface area contributed by atoms with Gasteiger partial charge in [-0.05, 0) is 36.8 Å². The Kier molecular flexibility index (Phi) is 4.30. The van der Waals surface area contributed by atoms with Crippen molar-refractivity contribution in [3.05, 3.63) is 56.8 Å². The highest BCUT2D eigenvalue weighted by molar-refractivity contribution is 6.35. The van der Waals surface area contributed by atoms with Crippen molar-refractivity contribution in [1.29, 1.82) is 0 Å². The Morgan fingerprint density at radius 3 is 2.63 bits per heavy atom. The number of hydrogen-bond acceptors (Lipinski definition) is 2. The molecule has 6 heteroatoms. The van der Waals surface area contributed by atoms with E-state index in [4.69, 9.17) is 34.8 Å². The molecule has 1 amide bonds. The Bertz CT molecular complexity index is 644. The molecule has 0 saturated carbocycles. The summed E-state index contributed by atoms with van der Waals surface area (Å²) in [6.07, 6.45) is 1.34.